The highest BCUT2D eigenvalue weighted by Gasteiger charge is 2.03. The molecule has 0 aliphatic heterocycles. The highest BCUT2D eigenvalue weighted by molar-refractivity contribution is 5.66. The lowest BCUT2D eigenvalue weighted by atomic mass is 10.2. The zero-order chi connectivity index (χ0) is 13.8. The predicted molar refractivity (Wildman–Crippen MR) is 71.7 cm³/mol. The van der Waals surface area contributed by atoms with Crippen LogP contribution >= 0.6 is 0 Å². The van der Waals surface area contributed by atoms with Crippen molar-refractivity contribution < 1.29 is 13.5 Å². The third-order valence-electron chi connectivity index (χ3n) is 2.39. The van der Waals surface area contributed by atoms with E-state index in [1.807, 2.05) is 6.92 Å². The molecule has 5 heteroatoms. The Kier molecular flexibility index (Phi) is 3.85. The van der Waals surface area contributed by atoms with Crippen LogP contribution in [0.25, 0.3) is 0 Å². The Morgan fingerprint density at radius 1 is 1.00 bits per heavy atom. The summed E-state index contributed by atoms with van der Waals surface area (Å²) in [6.45, 7) is 2.37. The maximum atomic E-state index is 13.1. The summed E-state index contributed by atoms with van der Waals surface area (Å²) in [4.78, 5) is 0. The summed E-state index contributed by atoms with van der Waals surface area (Å²) in [7, 11) is 0. The Balaban J connectivity index is 2.27. The quantitative estimate of drug-likeness (QED) is 0.828. The smallest absolute Gasteiger partial charge is 0.128 e. The van der Waals surface area contributed by atoms with E-state index in [2.05, 4.69) is 5.32 Å². The molecule has 100 valence electrons. The molecule has 0 heterocycles. The zero-order valence-corrected chi connectivity index (χ0v) is 10.4. The van der Waals surface area contributed by atoms with E-state index >= 15 is 0 Å². The first kappa shape index (κ1) is 13.1. The summed E-state index contributed by atoms with van der Waals surface area (Å²) in [6, 6.07) is 8.27. The Morgan fingerprint density at radius 2 is 1.63 bits per heavy atom. The molecule has 0 unspecified atom stereocenters. The number of ether oxygens (including phenoxy) is 1. The highest BCUT2D eigenvalue weighted by atomic mass is 19.1. The fourth-order valence-electron chi connectivity index (χ4n) is 1.74. The fraction of sp³-hybridized carbons (Fsp3) is 0.143. The normalized spacial score (nSPS) is 10.3. The Labute approximate surface area is 110 Å². The van der Waals surface area contributed by atoms with Gasteiger partial charge in [0.1, 0.15) is 17.4 Å². The van der Waals surface area contributed by atoms with Gasteiger partial charge in [-0.2, -0.15) is 0 Å². The third kappa shape index (κ3) is 3.58. The molecule has 3 N–H and O–H groups in total. The van der Waals surface area contributed by atoms with Crippen molar-refractivity contribution in [2.45, 2.75) is 6.92 Å². The van der Waals surface area contributed by atoms with Gasteiger partial charge in [0.25, 0.3) is 0 Å². The second-order valence-corrected chi connectivity index (χ2v) is 4.01. The number of hydrogen-bond donors (Lipinski definition) is 2. The number of nitrogens with two attached hydrogens (primary N) is 1. The van der Waals surface area contributed by atoms with E-state index < -0.39 is 11.6 Å². The van der Waals surface area contributed by atoms with Crippen LogP contribution in [-0.4, -0.2) is 6.61 Å². The van der Waals surface area contributed by atoms with Gasteiger partial charge in [-0.3, -0.25) is 0 Å². The maximum Gasteiger partial charge on any atom is 0.128 e. The lowest BCUT2D eigenvalue weighted by Gasteiger charge is -2.10. The van der Waals surface area contributed by atoms with Crippen LogP contribution in [0.2, 0.25) is 0 Å². The number of nitrogen functional groups attached to an aromatic ring is 1. The van der Waals surface area contributed by atoms with E-state index in [1.54, 1.807) is 18.2 Å². The molecule has 0 aliphatic carbocycles. The molecule has 0 amide bonds. The summed E-state index contributed by atoms with van der Waals surface area (Å²) in [5, 5.41) is 2.89. The maximum absolute atomic E-state index is 13.1. The van der Waals surface area contributed by atoms with Gasteiger partial charge < -0.3 is 15.8 Å². The van der Waals surface area contributed by atoms with E-state index in [1.165, 1.54) is 12.1 Å². The van der Waals surface area contributed by atoms with Crippen molar-refractivity contribution in [2.75, 3.05) is 17.7 Å². The van der Waals surface area contributed by atoms with Crippen LogP contribution in [0, 0.1) is 11.6 Å². The van der Waals surface area contributed by atoms with Crippen LogP contribution in [0.3, 0.4) is 0 Å². The number of rotatable bonds is 4. The Bertz CT molecular complexity index is 567. The van der Waals surface area contributed by atoms with E-state index in [0.29, 0.717) is 29.4 Å². The van der Waals surface area contributed by atoms with Crippen LogP contribution in [0.15, 0.2) is 36.4 Å². The summed E-state index contributed by atoms with van der Waals surface area (Å²) in [5.74, 6) is -0.685. The molecule has 0 radical (unpaired) electrons. The van der Waals surface area contributed by atoms with Crippen molar-refractivity contribution in [3.8, 4) is 5.75 Å². The topological polar surface area (TPSA) is 47.3 Å². The molecule has 0 aliphatic rings. The SMILES string of the molecule is CCOc1cc(N)cc(Nc2cc(F)cc(F)c2)c1. The average molecular weight is 264 g/mol. The van der Waals surface area contributed by atoms with Gasteiger partial charge in [-0.1, -0.05) is 0 Å². The van der Waals surface area contributed by atoms with Crippen LogP contribution < -0.4 is 15.8 Å². The lowest BCUT2D eigenvalue weighted by molar-refractivity contribution is 0.340. The number of hydrogen-bond acceptors (Lipinski definition) is 3. The molecule has 0 fully saturated rings. The standard InChI is InChI=1S/C14H14F2N2O/c1-2-19-14-7-11(17)6-13(8-14)18-12-4-9(15)3-10(16)5-12/h3-8,18H,2,17H2,1H3. The molecule has 0 bridgehead atoms. The average Bonchev–Trinajstić information content (AvgIpc) is 2.26. The summed E-state index contributed by atoms with van der Waals surface area (Å²) in [5.41, 5.74) is 7.16. The molecule has 0 saturated carbocycles. The number of nitrogens with one attached hydrogen (secondary N) is 1. The zero-order valence-electron chi connectivity index (χ0n) is 10.4. The third-order valence-corrected chi connectivity index (χ3v) is 2.39. The van der Waals surface area contributed by atoms with Crippen LogP contribution in [-0.2, 0) is 0 Å². The van der Waals surface area contributed by atoms with Crippen LogP contribution in [0.5, 0.6) is 5.75 Å². The van der Waals surface area contributed by atoms with Gasteiger partial charge >= 0.3 is 0 Å². The lowest BCUT2D eigenvalue weighted by Crippen LogP contribution is -1.97. The Morgan fingerprint density at radius 3 is 2.26 bits per heavy atom. The monoisotopic (exact) mass is 264 g/mol. The van der Waals surface area contributed by atoms with Gasteiger partial charge in [-0.25, -0.2) is 8.78 Å². The van der Waals surface area contributed by atoms with Crippen LogP contribution in [0.4, 0.5) is 25.8 Å². The minimum Gasteiger partial charge on any atom is -0.494 e. The van der Waals surface area contributed by atoms with Crippen molar-refractivity contribution in [3.63, 3.8) is 0 Å². The van der Waals surface area contributed by atoms with E-state index in [9.17, 15) is 8.78 Å². The molecule has 0 atom stereocenters. The molecule has 0 aromatic heterocycles. The van der Waals surface area contributed by atoms with Crippen LogP contribution in [0.1, 0.15) is 6.92 Å². The fourth-order valence-corrected chi connectivity index (χ4v) is 1.74. The molecule has 3 nitrogen and oxygen atoms in total. The first-order valence-electron chi connectivity index (χ1n) is 5.83. The van der Waals surface area contributed by atoms with Crippen molar-refractivity contribution in [2.24, 2.45) is 0 Å². The second kappa shape index (κ2) is 5.56. The summed E-state index contributed by atoms with van der Waals surface area (Å²) in [6.07, 6.45) is 0. The first-order chi connectivity index (χ1) is 9.06. The summed E-state index contributed by atoms with van der Waals surface area (Å²) >= 11 is 0. The van der Waals surface area contributed by atoms with Crippen molar-refractivity contribution in [1.82, 2.24) is 0 Å². The van der Waals surface area contributed by atoms with Gasteiger partial charge in [-0.15, -0.1) is 0 Å². The number of benzene rings is 2. The molecule has 0 spiro atoms. The predicted octanol–water partition coefficient (Wildman–Crippen LogP) is 3.69. The van der Waals surface area contributed by atoms with E-state index in [-0.39, 0.29) is 0 Å². The van der Waals surface area contributed by atoms with E-state index in [4.69, 9.17) is 10.5 Å². The van der Waals surface area contributed by atoms with Gasteiger partial charge in [0, 0.05) is 35.3 Å². The molecule has 19 heavy (non-hydrogen) atoms. The van der Waals surface area contributed by atoms with Gasteiger partial charge in [0.05, 0.1) is 6.61 Å². The van der Waals surface area contributed by atoms with Crippen molar-refractivity contribution in [3.05, 3.63) is 48.0 Å². The van der Waals surface area contributed by atoms with E-state index in [0.717, 1.165) is 6.07 Å². The Hall–Kier alpha value is -2.30. The molecular weight excluding hydrogens is 250 g/mol. The number of halogens is 2. The van der Waals surface area contributed by atoms with Crippen molar-refractivity contribution in [1.29, 1.82) is 0 Å². The largest absolute Gasteiger partial charge is 0.494 e. The van der Waals surface area contributed by atoms with Gasteiger partial charge in [-0.05, 0) is 25.1 Å². The van der Waals surface area contributed by atoms with Gasteiger partial charge in [0.2, 0.25) is 0 Å². The highest BCUT2D eigenvalue weighted by Crippen LogP contribution is 2.26. The molecule has 0 saturated heterocycles. The molecular formula is C14H14F2N2O. The van der Waals surface area contributed by atoms with Gasteiger partial charge in [0.15, 0.2) is 0 Å². The molecule has 2 rings (SSSR count). The van der Waals surface area contributed by atoms with Crippen molar-refractivity contribution >= 4 is 17.1 Å². The molecule has 2 aromatic carbocycles. The minimum absolute atomic E-state index is 0.311. The molecule has 2 aromatic rings. The first-order valence-corrected chi connectivity index (χ1v) is 5.83. The minimum atomic E-state index is -0.642. The number of anilines is 3. The second-order valence-electron chi connectivity index (χ2n) is 4.01. The summed E-state index contributed by atoms with van der Waals surface area (Å²) < 4.78 is 31.5.